The van der Waals surface area contributed by atoms with Crippen molar-refractivity contribution >= 4 is 26.7 Å². The molecule has 0 aliphatic rings. The summed E-state index contributed by atoms with van der Waals surface area (Å²) in [5, 5.41) is 3.81. The molecule has 0 fully saturated rings. The van der Waals surface area contributed by atoms with Crippen LogP contribution < -0.4 is 5.32 Å². The van der Waals surface area contributed by atoms with Crippen LogP contribution in [0.3, 0.4) is 0 Å². The molecular formula is C19H19NO4S. The SMILES string of the molecule is CC[C@H](NC(=O)c1cc2ccccc2o1)c1ccc(S(C)(=O)=O)cc1. The molecule has 0 saturated carbocycles. The fourth-order valence-electron chi connectivity index (χ4n) is 2.69. The van der Waals surface area contributed by atoms with Gasteiger partial charge in [-0.1, -0.05) is 37.3 Å². The van der Waals surface area contributed by atoms with Crippen LogP contribution in [0.1, 0.15) is 35.5 Å². The molecule has 1 N–H and O–H groups in total. The van der Waals surface area contributed by atoms with Crippen LogP contribution in [0.2, 0.25) is 0 Å². The van der Waals surface area contributed by atoms with Gasteiger partial charge in [0, 0.05) is 11.6 Å². The molecule has 1 atom stereocenters. The Bertz CT molecular complexity index is 970. The fraction of sp³-hybridized carbons (Fsp3) is 0.211. The van der Waals surface area contributed by atoms with E-state index in [1.807, 2.05) is 31.2 Å². The standard InChI is InChI=1S/C19H19NO4S/c1-3-16(13-8-10-15(11-9-13)25(2,22)23)20-19(21)18-12-14-6-4-5-7-17(14)24-18/h4-12,16H,3H2,1-2H3,(H,20,21)/t16-/m0/s1. The number of carbonyl (C=O) groups is 1. The second-order valence-electron chi connectivity index (χ2n) is 5.92. The van der Waals surface area contributed by atoms with Crippen molar-refractivity contribution in [3.05, 3.63) is 65.9 Å². The Labute approximate surface area is 146 Å². The highest BCUT2D eigenvalue weighted by Gasteiger charge is 2.18. The molecule has 5 nitrogen and oxygen atoms in total. The van der Waals surface area contributed by atoms with Crippen molar-refractivity contribution in [2.24, 2.45) is 0 Å². The summed E-state index contributed by atoms with van der Waals surface area (Å²) in [5.41, 5.74) is 1.51. The van der Waals surface area contributed by atoms with E-state index in [1.165, 1.54) is 6.26 Å². The molecule has 6 heteroatoms. The summed E-state index contributed by atoms with van der Waals surface area (Å²) < 4.78 is 28.7. The fourth-order valence-corrected chi connectivity index (χ4v) is 3.32. The van der Waals surface area contributed by atoms with E-state index in [2.05, 4.69) is 5.32 Å². The van der Waals surface area contributed by atoms with Gasteiger partial charge >= 0.3 is 0 Å². The topological polar surface area (TPSA) is 76.4 Å². The number of para-hydroxylation sites is 1. The van der Waals surface area contributed by atoms with Gasteiger partial charge in [0.1, 0.15) is 5.58 Å². The van der Waals surface area contributed by atoms with Gasteiger partial charge in [-0.25, -0.2) is 8.42 Å². The number of nitrogens with one attached hydrogen (secondary N) is 1. The van der Waals surface area contributed by atoms with E-state index < -0.39 is 9.84 Å². The largest absolute Gasteiger partial charge is 0.451 e. The van der Waals surface area contributed by atoms with Crippen molar-refractivity contribution in [1.82, 2.24) is 5.32 Å². The first-order valence-electron chi connectivity index (χ1n) is 7.98. The van der Waals surface area contributed by atoms with Crippen LogP contribution in [0, 0.1) is 0 Å². The van der Waals surface area contributed by atoms with Crippen molar-refractivity contribution < 1.29 is 17.6 Å². The average molecular weight is 357 g/mol. The zero-order valence-corrected chi connectivity index (χ0v) is 14.8. The van der Waals surface area contributed by atoms with E-state index in [0.717, 1.165) is 10.9 Å². The number of furan rings is 1. The normalized spacial score (nSPS) is 12.9. The molecule has 1 heterocycles. The smallest absolute Gasteiger partial charge is 0.287 e. The van der Waals surface area contributed by atoms with Gasteiger partial charge in [0.15, 0.2) is 15.6 Å². The van der Waals surface area contributed by atoms with Crippen molar-refractivity contribution in [3.8, 4) is 0 Å². The Kier molecular flexibility index (Phi) is 4.63. The van der Waals surface area contributed by atoms with Gasteiger partial charge < -0.3 is 9.73 Å². The van der Waals surface area contributed by atoms with E-state index in [9.17, 15) is 13.2 Å². The maximum absolute atomic E-state index is 12.5. The minimum Gasteiger partial charge on any atom is -0.451 e. The Morgan fingerprint density at radius 1 is 1.12 bits per heavy atom. The average Bonchev–Trinajstić information content (AvgIpc) is 3.03. The Balaban J connectivity index is 1.80. The number of hydrogen-bond donors (Lipinski definition) is 1. The van der Waals surface area contributed by atoms with Crippen LogP contribution in [-0.4, -0.2) is 20.6 Å². The lowest BCUT2D eigenvalue weighted by Crippen LogP contribution is -2.27. The molecule has 0 aliphatic carbocycles. The molecule has 25 heavy (non-hydrogen) atoms. The summed E-state index contributed by atoms with van der Waals surface area (Å²) in [6, 6.07) is 15.5. The lowest BCUT2D eigenvalue weighted by Gasteiger charge is -2.17. The lowest BCUT2D eigenvalue weighted by molar-refractivity contribution is 0.0909. The summed E-state index contributed by atoms with van der Waals surface area (Å²) in [7, 11) is -3.24. The highest BCUT2D eigenvalue weighted by Crippen LogP contribution is 2.22. The Hall–Kier alpha value is -2.60. The summed E-state index contributed by atoms with van der Waals surface area (Å²) in [6.07, 6.45) is 1.84. The lowest BCUT2D eigenvalue weighted by atomic mass is 10.0. The number of sulfone groups is 1. The van der Waals surface area contributed by atoms with E-state index in [1.54, 1.807) is 30.3 Å². The van der Waals surface area contributed by atoms with Crippen LogP contribution in [-0.2, 0) is 9.84 Å². The molecule has 0 spiro atoms. The van der Waals surface area contributed by atoms with Gasteiger partial charge in [0.2, 0.25) is 0 Å². The van der Waals surface area contributed by atoms with E-state index in [-0.39, 0.29) is 22.6 Å². The molecule has 0 unspecified atom stereocenters. The maximum atomic E-state index is 12.5. The molecule has 0 bridgehead atoms. The van der Waals surface area contributed by atoms with Crippen molar-refractivity contribution in [2.75, 3.05) is 6.26 Å². The zero-order chi connectivity index (χ0) is 18.0. The van der Waals surface area contributed by atoms with E-state index >= 15 is 0 Å². The molecule has 0 radical (unpaired) electrons. The quantitative estimate of drug-likeness (QED) is 0.755. The van der Waals surface area contributed by atoms with Crippen LogP contribution in [0.5, 0.6) is 0 Å². The molecule has 0 saturated heterocycles. The van der Waals surface area contributed by atoms with Gasteiger partial charge in [-0.3, -0.25) is 4.79 Å². The third-order valence-electron chi connectivity index (χ3n) is 4.07. The molecule has 0 aliphatic heterocycles. The molecule has 2 aromatic carbocycles. The zero-order valence-electron chi connectivity index (χ0n) is 14.0. The van der Waals surface area contributed by atoms with Crippen LogP contribution in [0.15, 0.2) is 63.9 Å². The van der Waals surface area contributed by atoms with Gasteiger partial charge in [-0.2, -0.15) is 0 Å². The van der Waals surface area contributed by atoms with Crippen LogP contribution >= 0.6 is 0 Å². The summed E-state index contributed by atoms with van der Waals surface area (Å²) >= 11 is 0. The second-order valence-corrected chi connectivity index (χ2v) is 7.94. The molecule has 3 rings (SSSR count). The van der Waals surface area contributed by atoms with Crippen molar-refractivity contribution in [2.45, 2.75) is 24.3 Å². The predicted molar refractivity (Wildman–Crippen MR) is 96.3 cm³/mol. The first-order chi connectivity index (χ1) is 11.9. The monoisotopic (exact) mass is 357 g/mol. The minimum atomic E-state index is -3.24. The van der Waals surface area contributed by atoms with Gasteiger partial charge in [-0.05, 0) is 36.2 Å². The first kappa shape index (κ1) is 17.2. The first-order valence-corrected chi connectivity index (χ1v) is 9.87. The number of rotatable bonds is 5. The van der Waals surface area contributed by atoms with Crippen molar-refractivity contribution in [3.63, 3.8) is 0 Å². The van der Waals surface area contributed by atoms with E-state index in [4.69, 9.17) is 4.42 Å². The summed E-state index contributed by atoms with van der Waals surface area (Å²) in [5.74, 6) is -0.0392. The van der Waals surface area contributed by atoms with Crippen molar-refractivity contribution in [1.29, 1.82) is 0 Å². The Morgan fingerprint density at radius 2 is 1.80 bits per heavy atom. The molecular weight excluding hydrogens is 338 g/mol. The molecule has 1 amide bonds. The predicted octanol–water partition coefficient (Wildman–Crippen LogP) is 3.72. The number of benzene rings is 2. The maximum Gasteiger partial charge on any atom is 0.287 e. The second kappa shape index (κ2) is 6.72. The highest BCUT2D eigenvalue weighted by molar-refractivity contribution is 7.90. The Morgan fingerprint density at radius 3 is 2.40 bits per heavy atom. The summed E-state index contributed by atoms with van der Waals surface area (Å²) in [6.45, 7) is 1.95. The molecule has 130 valence electrons. The number of hydrogen-bond acceptors (Lipinski definition) is 4. The highest BCUT2D eigenvalue weighted by atomic mass is 32.2. The molecule has 3 aromatic rings. The van der Waals surface area contributed by atoms with Gasteiger partial charge in [0.05, 0.1) is 10.9 Å². The van der Waals surface area contributed by atoms with E-state index in [0.29, 0.717) is 12.0 Å². The number of fused-ring (bicyclic) bond motifs is 1. The van der Waals surface area contributed by atoms with Crippen LogP contribution in [0.4, 0.5) is 0 Å². The minimum absolute atomic E-state index is 0.227. The third-order valence-corrected chi connectivity index (χ3v) is 5.20. The van der Waals surface area contributed by atoms with Crippen LogP contribution in [0.25, 0.3) is 11.0 Å². The molecule has 1 aromatic heterocycles. The van der Waals surface area contributed by atoms with Gasteiger partial charge in [-0.15, -0.1) is 0 Å². The third kappa shape index (κ3) is 3.74. The van der Waals surface area contributed by atoms with Gasteiger partial charge in [0.25, 0.3) is 5.91 Å². The number of amides is 1. The summed E-state index contributed by atoms with van der Waals surface area (Å²) in [4.78, 5) is 12.7. The number of carbonyl (C=O) groups excluding carboxylic acids is 1.